The summed E-state index contributed by atoms with van der Waals surface area (Å²) in [6, 6.07) is 10.7. The fourth-order valence-corrected chi connectivity index (χ4v) is 4.03. The lowest BCUT2D eigenvalue weighted by Crippen LogP contribution is -2.48. The maximum atomic E-state index is 12.8. The van der Waals surface area contributed by atoms with Crippen LogP contribution in [0.1, 0.15) is 17.3 Å². The summed E-state index contributed by atoms with van der Waals surface area (Å²) in [4.78, 5) is 28.2. The van der Waals surface area contributed by atoms with E-state index in [-0.39, 0.29) is 11.8 Å². The number of anilines is 2. The van der Waals surface area contributed by atoms with Gasteiger partial charge in [0.2, 0.25) is 5.91 Å². The van der Waals surface area contributed by atoms with E-state index in [9.17, 15) is 9.59 Å². The molecule has 1 heterocycles. The first kappa shape index (κ1) is 20.2. The van der Waals surface area contributed by atoms with Crippen molar-refractivity contribution in [1.82, 2.24) is 4.90 Å². The maximum Gasteiger partial charge on any atom is 0.257 e. The van der Waals surface area contributed by atoms with E-state index in [4.69, 9.17) is 23.2 Å². The molecule has 142 valence electrons. The maximum absolute atomic E-state index is 12.8. The predicted molar refractivity (Wildman–Crippen MR) is 118 cm³/mol. The number of carbonyl (C=O) groups is 2. The number of amides is 2. The molecule has 2 aromatic rings. The van der Waals surface area contributed by atoms with Crippen molar-refractivity contribution in [2.75, 3.05) is 36.4 Å². The second-order valence-electron chi connectivity index (χ2n) is 6.21. The van der Waals surface area contributed by atoms with Gasteiger partial charge < -0.3 is 15.1 Å². The number of halogens is 3. The largest absolute Gasteiger partial charge is 0.365 e. The van der Waals surface area contributed by atoms with E-state index in [0.717, 1.165) is 9.26 Å². The van der Waals surface area contributed by atoms with Gasteiger partial charge in [0.1, 0.15) is 0 Å². The minimum absolute atomic E-state index is 0.0654. The Bertz CT molecular complexity index is 883. The van der Waals surface area contributed by atoms with E-state index < -0.39 is 0 Å². The predicted octanol–water partition coefficient (Wildman–Crippen LogP) is 4.52. The quantitative estimate of drug-likeness (QED) is 0.609. The molecule has 0 saturated carbocycles. The van der Waals surface area contributed by atoms with Gasteiger partial charge in [-0.05, 0) is 52.9 Å². The Morgan fingerprint density at radius 3 is 2.41 bits per heavy atom. The topological polar surface area (TPSA) is 52.7 Å². The number of piperazine rings is 1. The van der Waals surface area contributed by atoms with E-state index in [2.05, 4.69) is 32.8 Å². The fourth-order valence-electron chi connectivity index (χ4n) is 3.04. The van der Waals surface area contributed by atoms with Crippen molar-refractivity contribution in [1.29, 1.82) is 0 Å². The van der Waals surface area contributed by atoms with E-state index in [1.807, 2.05) is 12.1 Å². The molecule has 8 heteroatoms. The molecule has 0 radical (unpaired) electrons. The smallest absolute Gasteiger partial charge is 0.257 e. The van der Waals surface area contributed by atoms with Crippen LogP contribution in [0.2, 0.25) is 10.0 Å². The molecule has 1 aliphatic rings. The average molecular weight is 518 g/mol. The molecular formula is C19H18Cl2IN3O2. The highest BCUT2D eigenvalue weighted by Crippen LogP contribution is 2.35. The van der Waals surface area contributed by atoms with Crippen LogP contribution < -0.4 is 10.2 Å². The number of hydrogen-bond donors (Lipinski definition) is 1. The molecule has 27 heavy (non-hydrogen) atoms. The number of nitrogens with zero attached hydrogens (tertiary/aromatic N) is 2. The molecule has 0 unspecified atom stereocenters. The van der Waals surface area contributed by atoms with Gasteiger partial charge in [-0.15, -0.1) is 0 Å². The third kappa shape index (κ3) is 4.67. The third-order valence-electron chi connectivity index (χ3n) is 4.45. The van der Waals surface area contributed by atoms with Crippen molar-refractivity contribution in [3.63, 3.8) is 0 Å². The van der Waals surface area contributed by atoms with E-state index in [0.29, 0.717) is 47.5 Å². The lowest BCUT2D eigenvalue weighted by molar-refractivity contribution is -0.129. The summed E-state index contributed by atoms with van der Waals surface area (Å²) in [6.45, 7) is 4.11. The summed E-state index contributed by atoms with van der Waals surface area (Å²) in [5, 5.41) is 3.88. The molecule has 0 atom stereocenters. The molecule has 0 bridgehead atoms. The lowest BCUT2D eigenvalue weighted by atomic mass is 10.1. The van der Waals surface area contributed by atoms with Gasteiger partial charge in [-0.2, -0.15) is 0 Å². The van der Waals surface area contributed by atoms with Crippen molar-refractivity contribution in [2.24, 2.45) is 0 Å². The minimum Gasteiger partial charge on any atom is -0.365 e. The van der Waals surface area contributed by atoms with Crippen molar-refractivity contribution >= 4 is 69.0 Å². The van der Waals surface area contributed by atoms with Crippen LogP contribution in [-0.4, -0.2) is 42.9 Å². The first-order valence-corrected chi connectivity index (χ1v) is 10.3. The standard InChI is InChI=1S/C19H18Cl2IN3O2/c1-12(26)24-7-9-25(10-8-24)18-16(21)3-2-4-17(18)23-19(27)14-11-13(22)5-6-15(14)20/h2-6,11H,7-10H2,1H3,(H,23,27). The normalized spacial score (nSPS) is 14.2. The molecule has 0 spiro atoms. The Labute approximate surface area is 181 Å². The molecular weight excluding hydrogens is 500 g/mol. The molecule has 0 aliphatic carbocycles. The van der Waals surface area contributed by atoms with Gasteiger partial charge in [0, 0.05) is 36.7 Å². The fraction of sp³-hybridized carbons (Fsp3) is 0.263. The number of hydrogen-bond acceptors (Lipinski definition) is 3. The van der Waals surface area contributed by atoms with Crippen molar-refractivity contribution in [3.8, 4) is 0 Å². The Hall–Kier alpha value is -1.51. The van der Waals surface area contributed by atoms with Gasteiger partial charge >= 0.3 is 0 Å². The molecule has 1 saturated heterocycles. The molecule has 1 N–H and O–H groups in total. The van der Waals surface area contributed by atoms with Gasteiger partial charge in [0.05, 0.1) is 27.0 Å². The third-order valence-corrected chi connectivity index (χ3v) is 5.75. The van der Waals surface area contributed by atoms with E-state index in [1.165, 1.54) is 0 Å². The van der Waals surface area contributed by atoms with Crippen LogP contribution >= 0.6 is 45.8 Å². The van der Waals surface area contributed by atoms with Gasteiger partial charge in [-0.1, -0.05) is 29.3 Å². The van der Waals surface area contributed by atoms with Gasteiger partial charge in [-0.25, -0.2) is 0 Å². The Kier molecular flexibility index (Phi) is 6.49. The van der Waals surface area contributed by atoms with Gasteiger partial charge in [-0.3, -0.25) is 9.59 Å². The Balaban J connectivity index is 1.85. The van der Waals surface area contributed by atoms with Crippen LogP contribution in [-0.2, 0) is 4.79 Å². The number of para-hydroxylation sites is 1. The van der Waals surface area contributed by atoms with E-state index in [1.54, 1.807) is 36.1 Å². The lowest BCUT2D eigenvalue weighted by Gasteiger charge is -2.37. The number of nitrogens with one attached hydrogen (secondary N) is 1. The number of benzene rings is 2. The minimum atomic E-state index is -0.288. The van der Waals surface area contributed by atoms with Crippen LogP contribution in [0.4, 0.5) is 11.4 Å². The first-order valence-electron chi connectivity index (χ1n) is 8.42. The highest BCUT2D eigenvalue weighted by Gasteiger charge is 2.23. The average Bonchev–Trinajstić information content (AvgIpc) is 2.64. The summed E-state index contributed by atoms with van der Waals surface area (Å²) < 4.78 is 0.925. The zero-order valence-electron chi connectivity index (χ0n) is 14.6. The zero-order chi connectivity index (χ0) is 19.6. The first-order chi connectivity index (χ1) is 12.9. The number of rotatable bonds is 3. The Morgan fingerprint density at radius 1 is 1.04 bits per heavy atom. The van der Waals surface area contributed by atoms with Crippen LogP contribution in [0.25, 0.3) is 0 Å². The summed E-state index contributed by atoms with van der Waals surface area (Å²) in [6.07, 6.45) is 0. The molecule has 2 aromatic carbocycles. The van der Waals surface area contributed by atoms with Crippen LogP contribution in [0.5, 0.6) is 0 Å². The monoisotopic (exact) mass is 517 g/mol. The van der Waals surface area contributed by atoms with Crippen molar-refractivity contribution in [3.05, 3.63) is 55.6 Å². The molecule has 1 aliphatic heterocycles. The molecule has 3 rings (SSSR count). The molecule has 2 amide bonds. The second kappa shape index (κ2) is 8.67. The summed E-state index contributed by atoms with van der Waals surface area (Å²) >= 11 is 14.8. The number of carbonyl (C=O) groups excluding carboxylic acids is 2. The highest BCUT2D eigenvalue weighted by molar-refractivity contribution is 14.1. The van der Waals surface area contributed by atoms with Crippen LogP contribution in [0.3, 0.4) is 0 Å². The SMILES string of the molecule is CC(=O)N1CCN(c2c(Cl)cccc2NC(=O)c2cc(I)ccc2Cl)CC1. The highest BCUT2D eigenvalue weighted by atomic mass is 127. The van der Waals surface area contributed by atoms with Gasteiger partial charge in [0.15, 0.2) is 0 Å². The summed E-state index contributed by atoms with van der Waals surface area (Å²) in [5.41, 5.74) is 1.80. The van der Waals surface area contributed by atoms with Gasteiger partial charge in [0.25, 0.3) is 5.91 Å². The Morgan fingerprint density at radius 2 is 1.74 bits per heavy atom. The zero-order valence-corrected chi connectivity index (χ0v) is 18.3. The van der Waals surface area contributed by atoms with Crippen molar-refractivity contribution < 1.29 is 9.59 Å². The van der Waals surface area contributed by atoms with E-state index >= 15 is 0 Å². The molecule has 0 aromatic heterocycles. The van der Waals surface area contributed by atoms with Crippen molar-refractivity contribution in [2.45, 2.75) is 6.92 Å². The van der Waals surface area contributed by atoms with Crippen LogP contribution in [0.15, 0.2) is 36.4 Å². The second-order valence-corrected chi connectivity index (χ2v) is 8.27. The summed E-state index contributed by atoms with van der Waals surface area (Å²) in [5.74, 6) is -0.222. The molecule has 5 nitrogen and oxygen atoms in total. The molecule has 1 fully saturated rings. The van der Waals surface area contributed by atoms with Crippen LogP contribution in [0, 0.1) is 3.57 Å². The summed E-state index contributed by atoms with van der Waals surface area (Å²) in [7, 11) is 0.